The fourth-order valence-electron chi connectivity index (χ4n) is 2.64. The molecule has 1 N–H and O–H groups in total. The molecule has 0 saturated carbocycles. The first kappa shape index (κ1) is 15.9. The number of unbranched alkanes of at least 4 members (excludes halogenated alkanes) is 2. The van der Waals surface area contributed by atoms with Crippen LogP contribution in [0.5, 0.6) is 0 Å². The molecule has 3 nitrogen and oxygen atoms in total. The molecule has 1 saturated heterocycles. The summed E-state index contributed by atoms with van der Waals surface area (Å²) in [6, 6.07) is 0.739. The van der Waals surface area contributed by atoms with Crippen LogP contribution >= 0.6 is 0 Å². The zero-order chi connectivity index (χ0) is 13.4. The van der Waals surface area contributed by atoms with Gasteiger partial charge >= 0.3 is 0 Å². The Kier molecular flexibility index (Phi) is 7.87. The van der Waals surface area contributed by atoms with E-state index >= 15 is 0 Å². The van der Waals surface area contributed by atoms with Crippen molar-refractivity contribution >= 4 is 0 Å². The van der Waals surface area contributed by atoms with Gasteiger partial charge in [-0.05, 0) is 52.4 Å². The van der Waals surface area contributed by atoms with Gasteiger partial charge in [0.2, 0.25) is 0 Å². The summed E-state index contributed by atoms with van der Waals surface area (Å²) in [5.74, 6) is 0.774. The first-order valence-electron chi connectivity index (χ1n) is 7.73. The molecular weight excluding hydrogens is 222 g/mol. The Balaban J connectivity index is 1.94. The molecule has 3 heteroatoms. The van der Waals surface area contributed by atoms with Crippen molar-refractivity contribution in [2.45, 2.75) is 46.1 Å². The molecule has 18 heavy (non-hydrogen) atoms. The van der Waals surface area contributed by atoms with E-state index in [1.165, 1.54) is 52.0 Å². The van der Waals surface area contributed by atoms with Crippen LogP contribution in [-0.4, -0.2) is 62.2 Å². The Bertz CT molecular complexity index is 206. The van der Waals surface area contributed by atoms with E-state index in [4.69, 9.17) is 0 Å². The Morgan fingerprint density at radius 1 is 1.17 bits per heavy atom. The third-order valence-corrected chi connectivity index (χ3v) is 3.82. The van der Waals surface area contributed by atoms with Crippen molar-refractivity contribution in [1.29, 1.82) is 0 Å². The lowest BCUT2D eigenvalue weighted by molar-refractivity contribution is 0.0984. The lowest BCUT2D eigenvalue weighted by Crippen LogP contribution is -2.50. The lowest BCUT2D eigenvalue weighted by atomic mass is 10.1. The SMILES string of the molecule is CC(C)CNCCCCCN1CCN(C)CC1C. The predicted molar refractivity (Wildman–Crippen MR) is 80.1 cm³/mol. The highest BCUT2D eigenvalue weighted by Crippen LogP contribution is 2.09. The quantitative estimate of drug-likeness (QED) is 0.670. The van der Waals surface area contributed by atoms with Crippen molar-refractivity contribution in [3.63, 3.8) is 0 Å². The molecular formula is C15H33N3. The Hall–Kier alpha value is -0.120. The molecule has 1 atom stereocenters. The van der Waals surface area contributed by atoms with Gasteiger partial charge in [0, 0.05) is 25.7 Å². The van der Waals surface area contributed by atoms with Crippen LogP contribution in [0.1, 0.15) is 40.0 Å². The number of nitrogens with one attached hydrogen (secondary N) is 1. The molecule has 1 heterocycles. The number of hydrogen-bond donors (Lipinski definition) is 1. The molecule has 0 aliphatic carbocycles. The highest BCUT2D eigenvalue weighted by atomic mass is 15.3. The Morgan fingerprint density at radius 3 is 2.61 bits per heavy atom. The number of hydrogen-bond acceptors (Lipinski definition) is 3. The number of nitrogens with zero attached hydrogens (tertiary/aromatic N) is 2. The van der Waals surface area contributed by atoms with E-state index in [1.807, 2.05) is 0 Å². The van der Waals surface area contributed by atoms with Crippen molar-refractivity contribution in [3.8, 4) is 0 Å². The highest BCUT2D eigenvalue weighted by Gasteiger charge is 2.20. The zero-order valence-electron chi connectivity index (χ0n) is 12.9. The normalized spacial score (nSPS) is 22.8. The van der Waals surface area contributed by atoms with E-state index in [2.05, 4.69) is 42.9 Å². The van der Waals surface area contributed by atoms with Gasteiger partial charge in [-0.25, -0.2) is 0 Å². The molecule has 0 radical (unpaired) electrons. The minimum atomic E-state index is 0.739. The molecule has 0 amide bonds. The van der Waals surface area contributed by atoms with Crippen molar-refractivity contribution in [3.05, 3.63) is 0 Å². The molecule has 0 aromatic rings. The average molecular weight is 255 g/mol. The van der Waals surface area contributed by atoms with Crippen LogP contribution in [0.25, 0.3) is 0 Å². The number of likely N-dealkylation sites (N-methyl/N-ethyl adjacent to an activating group) is 1. The van der Waals surface area contributed by atoms with Gasteiger partial charge in [0.15, 0.2) is 0 Å². The van der Waals surface area contributed by atoms with Gasteiger partial charge in [-0.2, -0.15) is 0 Å². The molecule has 1 rings (SSSR count). The molecule has 1 aliphatic heterocycles. The fraction of sp³-hybridized carbons (Fsp3) is 1.00. The van der Waals surface area contributed by atoms with Crippen LogP contribution in [0.2, 0.25) is 0 Å². The summed E-state index contributed by atoms with van der Waals surface area (Å²) < 4.78 is 0. The molecule has 0 aromatic heterocycles. The molecule has 108 valence electrons. The maximum absolute atomic E-state index is 3.52. The van der Waals surface area contributed by atoms with E-state index in [9.17, 15) is 0 Å². The van der Waals surface area contributed by atoms with Gasteiger partial charge in [0.1, 0.15) is 0 Å². The van der Waals surface area contributed by atoms with Crippen LogP contribution in [0.3, 0.4) is 0 Å². The summed E-state index contributed by atoms with van der Waals surface area (Å²) in [7, 11) is 2.23. The van der Waals surface area contributed by atoms with Crippen molar-refractivity contribution < 1.29 is 0 Å². The fourth-order valence-corrected chi connectivity index (χ4v) is 2.64. The van der Waals surface area contributed by atoms with Gasteiger partial charge < -0.3 is 10.2 Å². The van der Waals surface area contributed by atoms with Crippen LogP contribution < -0.4 is 5.32 Å². The van der Waals surface area contributed by atoms with E-state index in [0.29, 0.717) is 0 Å². The first-order chi connectivity index (χ1) is 8.59. The standard InChI is InChI=1S/C15H33N3/c1-14(2)12-16-8-6-5-7-9-18-11-10-17(4)13-15(18)3/h14-16H,5-13H2,1-4H3. The topological polar surface area (TPSA) is 18.5 Å². The van der Waals surface area contributed by atoms with Crippen molar-refractivity contribution in [2.24, 2.45) is 5.92 Å². The minimum absolute atomic E-state index is 0.739. The molecule has 0 spiro atoms. The predicted octanol–water partition coefficient (Wildman–Crippen LogP) is 2.04. The van der Waals surface area contributed by atoms with Gasteiger partial charge in [0.05, 0.1) is 0 Å². The van der Waals surface area contributed by atoms with E-state index in [1.54, 1.807) is 0 Å². The van der Waals surface area contributed by atoms with Gasteiger partial charge in [-0.3, -0.25) is 4.90 Å². The number of rotatable bonds is 8. The second-order valence-electron chi connectivity index (χ2n) is 6.31. The Morgan fingerprint density at radius 2 is 1.94 bits per heavy atom. The minimum Gasteiger partial charge on any atom is -0.316 e. The lowest BCUT2D eigenvalue weighted by Gasteiger charge is -2.38. The molecule has 0 aromatic carbocycles. The summed E-state index contributed by atoms with van der Waals surface area (Å²) in [6.45, 7) is 14.3. The Labute approximate surface area is 114 Å². The molecule has 1 fully saturated rings. The van der Waals surface area contributed by atoms with Crippen molar-refractivity contribution in [1.82, 2.24) is 15.1 Å². The van der Waals surface area contributed by atoms with E-state index < -0.39 is 0 Å². The van der Waals surface area contributed by atoms with Crippen LogP contribution in [0.15, 0.2) is 0 Å². The summed E-state index contributed by atoms with van der Waals surface area (Å²) in [5.41, 5.74) is 0. The van der Waals surface area contributed by atoms with Gasteiger partial charge in [0.25, 0.3) is 0 Å². The third kappa shape index (κ3) is 6.72. The third-order valence-electron chi connectivity index (χ3n) is 3.82. The van der Waals surface area contributed by atoms with Crippen LogP contribution in [0.4, 0.5) is 0 Å². The summed E-state index contributed by atoms with van der Waals surface area (Å²) in [5, 5.41) is 3.52. The largest absolute Gasteiger partial charge is 0.316 e. The zero-order valence-corrected chi connectivity index (χ0v) is 12.9. The van der Waals surface area contributed by atoms with Crippen molar-refractivity contribution in [2.75, 3.05) is 46.3 Å². The summed E-state index contributed by atoms with van der Waals surface area (Å²) in [6.07, 6.45) is 4.05. The monoisotopic (exact) mass is 255 g/mol. The van der Waals surface area contributed by atoms with Gasteiger partial charge in [-0.1, -0.05) is 20.3 Å². The number of piperazine rings is 1. The van der Waals surface area contributed by atoms with E-state index in [0.717, 1.165) is 18.5 Å². The molecule has 1 unspecified atom stereocenters. The molecule has 0 bridgehead atoms. The smallest absolute Gasteiger partial charge is 0.0195 e. The first-order valence-corrected chi connectivity index (χ1v) is 7.73. The second kappa shape index (κ2) is 8.89. The second-order valence-corrected chi connectivity index (χ2v) is 6.31. The maximum Gasteiger partial charge on any atom is 0.0195 e. The molecule has 1 aliphatic rings. The van der Waals surface area contributed by atoms with E-state index in [-0.39, 0.29) is 0 Å². The van der Waals surface area contributed by atoms with Gasteiger partial charge in [-0.15, -0.1) is 0 Å². The summed E-state index contributed by atoms with van der Waals surface area (Å²) >= 11 is 0. The van der Waals surface area contributed by atoms with Crippen LogP contribution in [0, 0.1) is 5.92 Å². The average Bonchev–Trinajstić information content (AvgIpc) is 2.30. The summed E-state index contributed by atoms with van der Waals surface area (Å²) in [4.78, 5) is 5.10. The van der Waals surface area contributed by atoms with Crippen LogP contribution in [-0.2, 0) is 0 Å². The maximum atomic E-state index is 3.52. The highest BCUT2D eigenvalue weighted by molar-refractivity contribution is 4.76.